The Kier molecular flexibility index (Phi) is 5.67. The molecule has 0 aliphatic carbocycles. The summed E-state index contributed by atoms with van der Waals surface area (Å²) in [4.78, 5) is 0. The molecule has 0 heterocycles. The van der Waals surface area contributed by atoms with Crippen LogP contribution in [0, 0.1) is 0 Å². The summed E-state index contributed by atoms with van der Waals surface area (Å²) in [6.45, 7) is 0.314. The van der Waals surface area contributed by atoms with Gasteiger partial charge in [-0.2, -0.15) is 0 Å². The summed E-state index contributed by atoms with van der Waals surface area (Å²) in [5.74, 6) is 0. The van der Waals surface area contributed by atoms with Crippen LogP contribution in [0.2, 0.25) is 6.04 Å². The van der Waals surface area contributed by atoms with E-state index in [1.165, 1.54) is 0 Å². The number of aliphatic hydroxyl groups is 1. The molecule has 0 saturated heterocycles. The lowest BCUT2D eigenvalue weighted by Gasteiger charge is -1.88. The van der Waals surface area contributed by atoms with Crippen molar-refractivity contribution in [1.82, 2.24) is 0 Å². The van der Waals surface area contributed by atoms with Crippen molar-refractivity contribution < 1.29 is 9.22 Å². The summed E-state index contributed by atoms with van der Waals surface area (Å²) in [7, 11) is 0.587. The van der Waals surface area contributed by atoms with Gasteiger partial charge in [-0.3, -0.25) is 0 Å². The number of aliphatic hydroxyl groups excluding tert-OH is 1. The molecular formula is C2H10O2Si2. The Morgan fingerprint density at radius 1 is 1.83 bits per heavy atom. The molecule has 0 aromatic rings. The van der Waals surface area contributed by atoms with Crippen molar-refractivity contribution in [3.8, 4) is 0 Å². The van der Waals surface area contributed by atoms with Crippen molar-refractivity contribution in [2.75, 3.05) is 6.61 Å². The second kappa shape index (κ2) is 5.35. The van der Waals surface area contributed by atoms with Gasteiger partial charge >= 0.3 is 0 Å². The van der Waals surface area contributed by atoms with Gasteiger partial charge in [-0.1, -0.05) is 0 Å². The molecule has 0 aliphatic heterocycles. The molecule has 1 N–H and O–H groups in total. The van der Waals surface area contributed by atoms with Gasteiger partial charge in [0.05, 0.1) is 0 Å². The second-order valence-electron chi connectivity index (χ2n) is 1.07. The third-order valence-electron chi connectivity index (χ3n) is 0.507. The molecule has 38 valence electrons. The molecule has 0 radical (unpaired) electrons. The molecule has 0 aliphatic rings. The average Bonchev–Trinajstić information content (AvgIpc) is 1.61. The summed E-state index contributed by atoms with van der Waals surface area (Å²) in [6.07, 6.45) is 0. The van der Waals surface area contributed by atoms with Crippen LogP contribution in [0.3, 0.4) is 0 Å². The average molecular weight is 122 g/mol. The highest BCUT2D eigenvalue weighted by atomic mass is 28.3. The van der Waals surface area contributed by atoms with E-state index in [-0.39, 0.29) is 9.76 Å². The fourth-order valence-electron chi connectivity index (χ4n) is 0.209. The van der Waals surface area contributed by atoms with E-state index in [0.717, 1.165) is 16.5 Å². The Bertz CT molecular complexity index is 21.5. The van der Waals surface area contributed by atoms with Gasteiger partial charge in [0.1, 0.15) is 20.2 Å². The predicted molar refractivity (Wildman–Crippen MR) is 31.5 cm³/mol. The largest absolute Gasteiger partial charge is 0.468 e. The predicted octanol–water partition coefficient (Wildman–Crippen LogP) is -2.22. The first-order valence-corrected chi connectivity index (χ1v) is 4.41. The Balaban J connectivity index is 2.34. The second-order valence-corrected chi connectivity index (χ2v) is 4.49. The number of hydrogen-bond acceptors (Lipinski definition) is 2. The number of hydrogen-bond donors (Lipinski definition) is 1. The van der Waals surface area contributed by atoms with Crippen LogP contribution in [0.4, 0.5) is 0 Å². The lowest BCUT2D eigenvalue weighted by molar-refractivity contribution is 0.315. The molecule has 2 nitrogen and oxygen atoms in total. The Hall–Kier alpha value is 0.354. The van der Waals surface area contributed by atoms with Crippen molar-refractivity contribution >= 4 is 20.2 Å². The van der Waals surface area contributed by atoms with E-state index in [4.69, 9.17) is 9.22 Å². The van der Waals surface area contributed by atoms with Crippen LogP contribution in [0.25, 0.3) is 0 Å². The standard InChI is InChI=1S/C2H10O2Si2/c3-1-2-6-4-5/h3H,1-2,6H2,5H3. The van der Waals surface area contributed by atoms with E-state index in [0.29, 0.717) is 6.61 Å². The minimum Gasteiger partial charge on any atom is -0.468 e. The van der Waals surface area contributed by atoms with Gasteiger partial charge in [-0.15, -0.1) is 0 Å². The van der Waals surface area contributed by atoms with Gasteiger partial charge in [-0.25, -0.2) is 0 Å². The minimum atomic E-state index is -0.267. The zero-order valence-corrected chi connectivity index (χ0v) is 7.39. The van der Waals surface area contributed by atoms with Crippen molar-refractivity contribution in [3.63, 3.8) is 0 Å². The molecule has 0 rings (SSSR count). The lowest BCUT2D eigenvalue weighted by atomic mass is 10.9. The molecule has 0 aromatic heterocycles. The van der Waals surface area contributed by atoms with Gasteiger partial charge in [0, 0.05) is 6.61 Å². The first kappa shape index (κ1) is 6.35. The molecule has 4 heteroatoms. The van der Waals surface area contributed by atoms with Crippen molar-refractivity contribution in [3.05, 3.63) is 0 Å². The van der Waals surface area contributed by atoms with Crippen LogP contribution in [0.5, 0.6) is 0 Å². The van der Waals surface area contributed by atoms with Crippen LogP contribution < -0.4 is 0 Å². The minimum absolute atomic E-state index is 0.267. The van der Waals surface area contributed by atoms with Crippen LogP contribution in [-0.2, 0) is 4.12 Å². The lowest BCUT2D eigenvalue weighted by Crippen LogP contribution is -1.95. The Morgan fingerprint density at radius 2 is 2.50 bits per heavy atom. The van der Waals surface area contributed by atoms with E-state index < -0.39 is 0 Å². The highest BCUT2D eigenvalue weighted by Gasteiger charge is 1.77. The van der Waals surface area contributed by atoms with E-state index in [1.54, 1.807) is 0 Å². The molecule has 0 unspecified atom stereocenters. The van der Waals surface area contributed by atoms with Crippen LogP contribution in [-0.4, -0.2) is 32.0 Å². The zero-order valence-electron chi connectivity index (χ0n) is 3.98. The first-order valence-electron chi connectivity index (χ1n) is 2.01. The highest BCUT2D eigenvalue weighted by molar-refractivity contribution is 6.34. The SMILES string of the molecule is OCC[SiH2]O[SiH3]. The van der Waals surface area contributed by atoms with Gasteiger partial charge in [0.25, 0.3) is 0 Å². The van der Waals surface area contributed by atoms with Gasteiger partial charge in [0.15, 0.2) is 0 Å². The molecule has 0 aromatic carbocycles. The summed E-state index contributed by atoms with van der Waals surface area (Å²) < 4.78 is 4.90. The maximum Gasteiger partial charge on any atom is 0.147 e. The molecule has 0 spiro atoms. The summed E-state index contributed by atoms with van der Waals surface area (Å²) >= 11 is 0. The fraction of sp³-hybridized carbons (Fsp3) is 1.00. The Morgan fingerprint density at radius 3 is 2.67 bits per heavy atom. The molecule has 6 heavy (non-hydrogen) atoms. The molecular weight excluding hydrogens is 112 g/mol. The molecule has 0 amide bonds. The maximum atomic E-state index is 8.17. The van der Waals surface area contributed by atoms with E-state index in [9.17, 15) is 0 Å². The smallest absolute Gasteiger partial charge is 0.147 e. The van der Waals surface area contributed by atoms with Crippen molar-refractivity contribution in [2.24, 2.45) is 0 Å². The van der Waals surface area contributed by atoms with Crippen LogP contribution in [0.15, 0.2) is 0 Å². The Labute approximate surface area is 43.0 Å². The van der Waals surface area contributed by atoms with Crippen LogP contribution >= 0.6 is 0 Å². The van der Waals surface area contributed by atoms with Gasteiger partial charge < -0.3 is 9.22 Å². The van der Waals surface area contributed by atoms with Crippen molar-refractivity contribution in [2.45, 2.75) is 6.04 Å². The third-order valence-corrected chi connectivity index (χ3v) is 2.74. The van der Waals surface area contributed by atoms with E-state index in [1.807, 2.05) is 0 Å². The molecule has 0 atom stereocenters. The monoisotopic (exact) mass is 122 g/mol. The zero-order chi connectivity index (χ0) is 4.83. The summed E-state index contributed by atoms with van der Waals surface area (Å²) in [6, 6.07) is 0.920. The number of rotatable bonds is 3. The van der Waals surface area contributed by atoms with E-state index >= 15 is 0 Å². The topological polar surface area (TPSA) is 29.5 Å². The normalized spacial score (nSPS) is 11.5. The van der Waals surface area contributed by atoms with Gasteiger partial charge in [-0.05, 0) is 6.04 Å². The highest BCUT2D eigenvalue weighted by Crippen LogP contribution is 1.70. The molecule has 0 bridgehead atoms. The third kappa shape index (κ3) is 4.35. The molecule has 0 fully saturated rings. The fourth-order valence-corrected chi connectivity index (χ4v) is 1.49. The quantitative estimate of drug-likeness (QED) is 0.339. The summed E-state index contributed by atoms with van der Waals surface area (Å²) in [5.41, 5.74) is 0. The van der Waals surface area contributed by atoms with Crippen molar-refractivity contribution in [1.29, 1.82) is 0 Å². The maximum absolute atomic E-state index is 8.17. The van der Waals surface area contributed by atoms with E-state index in [2.05, 4.69) is 0 Å². The summed E-state index contributed by atoms with van der Waals surface area (Å²) in [5, 5.41) is 8.17. The van der Waals surface area contributed by atoms with Crippen LogP contribution in [0.1, 0.15) is 0 Å². The first-order chi connectivity index (χ1) is 2.91. The molecule has 0 saturated carbocycles. The van der Waals surface area contributed by atoms with Gasteiger partial charge in [0.2, 0.25) is 0 Å².